The number of tetrazole rings is 1. The van der Waals surface area contributed by atoms with E-state index in [-0.39, 0.29) is 0 Å². The van der Waals surface area contributed by atoms with Crippen LogP contribution in [0.3, 0.4) is 0 Å². The SMILES string of the molecule is CCCCn1nnnc1CN1CCn2c(nnc2C(C)C)C1. The van der Waals surface area contributed by atoms with E-state index >= 15 is 0 Å². The Morgan fingerprint density at radius 1 is 1.14 bits per heavy atom. The monoisotopic (exact) mass is 304 g/mol. The van der Waals surface area contributed by atoms with Gasteiger partial charge in [0.05, 0.1) is 13.1 Å². The molecule has 0 saturated carbocycles. The Labute approximate surface area is 130 Å². The standard InChI is InChI=1S/C14H24N8/c1-4-5-6-22-13(16-18-19-22)10-20-7-8-21-12(9-20)15-17-14(21)11(2)3/h11H,4-10H2,1-3H3. The molecule has 0 N–H and O–H groups in total. The molecule has 0 saturated heterocycles. The van der Waals surface area contributed by atoms with Crippen molar-refractivity contribution in [3.05, 3.63) is 17.5 Å². The molecule has 8 nitrogen and oxygen atoms in total. The van der Waals surface area contributed by atoms with Gasteiger partial charge in [0.1, 0.15) is 11.6 Å². The average molecular weight is 304 g/mol. The summed E-state index contributed by atoms with van der Waals surface area (Å²) in [6.45, 7) is 10.9. The summed E-state index contributed by atoms with van der Waals surface area (Å²) in [6.07, 6.45) is 2.24. The second kappa shape index (κ2) is 6.51. The van der Waals surface area contributed by atoms with Crippen LogP contribution in [-0.4, -0.2) is 46.4 Å². The first-order chi connectivity index (χ1) is 10.7. The second-order valence-corrected chi connectivity index (χ2v) is 6.16. The van der Waals surface area contributed by atoms with Crippen LogP contribution < -0.4 is 0 Å². The van der Waals surface area contributed by atoms with Crippen LogP contribution >= 0.6 is 0 Å². The number of rotatable bonds is 6. The lowest BCUT2D eigenvalue weighted by Crippen LogP contribution is -2.35. The van der Waals surface area contributed by atoms with Crippen LogP contribution in [0.5, 0.6) is 0 Å². The molecular weight excluding hydrogens is 280 g/mol. The molecule has 0 fully saturated rings. The Morgan fingerprint density at radius 2 is 2.00 bits per heavy atom. The molecule has 2 aromatic heterocycles. The van der Waals surface area contributed by atoms with Gasteiger partial charge in [0.15, 0.2) is 5.82 Å². The fourth-order valence-electron chi connectivity index (χ4n) is 2.81. The molecule has 0 unspecified atom stereocenters. The van der Waals surface area contributed by atoms with Crippen molar-refractivity contribution in [3.8, 4) is 0 Å². The molecule has 1 aliphatic heterocycles. The van der Waals surface area contributed by atoms with E-state index < -0.39 is 0 Å². The maximum Gasteiger partial charge on any atom is 0.165 e. The topological polar surface area (TPSA) is 77.5 Å². The first-order valence-corrected chi connectivity index (χ1v) is 8.08. The highest BCUT2D eigenvalue weighted by atomic mass is 15.5. The summed E-state index contributed by atoms with van der Waals surface area (Å²) in [7, 11) is 0. The van der Waals surface area contributed by atoms with Gasteiger partial charge in [-0.05, 0) is 16.8 Å². The van der Waals surface area contributed by atoms with Gasteiger partial charge < -0.3 is 4.57 Å². The fraction of sp³-hybridized carbons (Fsp3) is 0.786. The van der Waals surface area contributed by atoms with Crippen molar-refractivity contribution in [2.24, 2.45) is 0 Å². The van der Waals surface area contributed by atoms with Crippen LogP contribution in [0.2, 0.25) is 0 Å². The molecule has 0 aliphatic carbocycles. The second-order valence-electron chi connectivity index (χ2n) is 6.16. The van der Waals surface area contributed by atoms with Gasteiger partial charge in [-0.3, -0.25) is 4.90 Å². The molecule has 0 radical (unpaired) electrons. The summed E-state index contributed by atoms with van der Waals surface area (Å²) in [6, 6.07) is 0. The minimum absolute atomic E-state index is 0.411. The summed E-state index contributed by atoms with van der Waals surface area (Å²) in [5, 5.41) is 20.7. The predicted molar refractivity (Wildman–Crippen MR) is 81.0 cm³/mol. The van der Waals surface area contributed by atoms with Crippen molar-refractivity contribution in [1.29, 1.82) is 0 Å². The Bertz CT molecular complexity index is 614. The minimum atomic E-state index is 0.411. The minimum Gasteiger partial charge on any atom is -0.312 e. The molecule has 22 heavy (non-hydrogen) atoms. The quantitative estimate of drug-likeness (QED) is 0.798. The molecule has 0 amide bonds. The summed E-state index contributed by atoms with van der Waals surface area (Å²) >= 11 is 0. The molecule has 0 aromatic carbocycles. The highest BCUT2D eigenvalue weighted by Gasteiger charge is 2.23. The van der Waals surface area contributed by atoms with Gasteiger partial charge in [-0.2, -0.15) is 0 Å². The van der Waals surface area contributed by atoms with E-state index in [1.165, 1.54) is 0 Å². The molecule has 0 spiro atoms. The zero-order chi connectivity index (χ0) is 15.5. The van der Waals surface area contributed by atoms with Crippen LogP contribution in [0.15, 0.2) is 0 Å². The molecule has 0 bridgehead atoms. The van der Waals surface area contributed by atoms with Crippen LogP contribution in [0, 0.1) is 0 Å². The zero-order valence-electron chi connectivity index (χ0n) is 13.6. The summed E-state index contributed by atoms with van der Waals surface area (Å²) < 4.78 is 4.17. The molecule has 120 valence electrons. The summed E-state index contributed by atoms with van der Waals surface area (Å²) in [4.78, 5) is 2.34. The first kappa shape index (κ1) is 15.1. The van der Waals surface area contributed by atoms with Gasteiger partial charge in [0.2, 0.25) is 0 Å². The van der Waals surface area contributed by atoms with Gasteiger partial charge in [-0.25, -0.2) is 4.68 Å². The first-order valence-electron chi connectivity index (χ1n) is 8.08. The predicted octanol–water partition coefficient (Wildman–Crippen LogP) is 1.20. The number of unbranched alkanes of at least 4 members (excludes halogenated alkanes) is 1. The Morgan fingerprint density at radius 3 is 2.77 bits per heavy atom. The lowest BCUT2D eigenvalue weighted by Gasteiger charge is -2.27. The van der Waals surface area contributed by atoms with Crippen LogP contribution in [0.1, 0.15) is 57.0 Å². The molecule has 8 heteroatoms. The fourth-order valence-corrected chi connectivity index (χ4v) is 2.81. The number of fused-ring (bicyclic) bond motifs is 1. The Kier molecular flexibility index (Phi) is 4.47. The van der Waals surface area contributed by atoms with Gasteiger partial charge in [-0.15, -0.1) is 15.3 Å². The van der Waals surface area contributed by atoms with E-state index in [2.05, 4.69) is 56.0 Å². The Balaban J connectivity index is 1.67. The summed E-state index contributed by atoms with van der Waals surface area (Å²) in [5.74, 6) is 3.48. The van der Waals surface area contributed by atoms with Crippen molar-refractivity contribution in [3.63, 3.8) is 0 Å². The third kappa shape index (κ3) is 3.01. The smallest absolute Gasteiger partial charge is 0.165 e. The van der Waals surface area contributed by atoms with Crippen LogP contribution in [0.25, 0.3) is 0 Å². The number of hydrogen-bond donors (Lipinski definition) is 0. The van der Waals surface area contributed by atoms with Crippen molar-refractivity contribution in [2.45, 2.75) is 65.7 Å². The highest BCUT2D eigenvalue weighted by Crippen LogP contribution is 2.19. The van der Waals surface area contributed by atoms with Crippen LogP contribution in [0.4, 0.5) is 0 Å². The van der Waals surface area contributed by atoms with Crippen molar-refractivity contribution >= 4 is 0 Å². The van der Waals surface area contributed by atoms with E-state index in [0.717, 1.165) is 63.0 Å². The van der Waals surface area contributed by atoms with Gasteiger partial charge in [0.25, 0.3) is 0 Å². The zero-order valence-corrected chi connectivity index (χ0v) is 13.6. The summed E-state index contributed by atoms with van der Waals surface area (Å²) in [5.41, 5.74) is 0. The van der Waals surface area contributed by atoms with E-state index in [0.29, 0.717) is 5.92 Å². The third-order valence-corrected chi connectivity index (χ3v) is 4.07. The number of aromatic nitrogens is 7. The van der Waals surface area contributed by atoms with Crippen LogP contribution in [-0.2, 0) is 26.2 Å². The molecule has 1 aliphatic rings. The van der Waals surface area contributed by atoms with E-state index in [1.54, 1.807) is 0 Å². The van der Waals surface area contributed by atoms with E-state index in [9.17, 15) is 0 Å². The van der Waals surface area contributed by atoms with Crippen molar-refractivity contribution < 1.29 is 0 Å². The third-order valence-electron chi connectivity index (χ3n) is 4.07. The van der Waals surface area contributed by atoms with Crippen molar-refractivity contribution in [2.75, 3.05) is 6.54 Å². The average Bonchev–Trinajstić information content (AvgIpc) is 3.11. The van der Waals surface area contributed by atoms with E-state index in [1.807, 2.05) is 4.68 Å². The maximum absolute atomic E-state index is 4.34. The number of nitrogens with zero attached hydrogens (tertiary/aromatic N) is 8. The van der Waals surface area contributed by atoms with Gasteiger partial charge >= 0.3 is 0 Å². The largest absolute Gasteiger partial charge is 0.312 e. The number of hydrogen-bond acceptors (Lipinski definition) is 6. The maximum atomic E-state index is 4.34. The van der Waals surface area contributed by atoms with Crippen molar-refractivity contribution in [1.82, 2.24) is 39.9 Å². The molecule has 2 aromatic rings. The normalized spacial score (nSPS) is 15.5. The van der Waals surface area contributed by atoms with Gasteiger partial charge in [-0.1, -0.05) is 27.2 Å². The molecule has 3 heterocycles. The highest BCUT2D eigenvalue weighted by molar-refractivity contribution is 5.03. The van der Waals surface area contributed by atoms with Gasteiger partial charge in [0, 0.05) is 25.6 Å². The van der Waals surface area contributed by atoms with E-state index in [4.69, 9.17) is 0 Å². The molecule has 0 atom stereocenters. The lowest BCUT2D eigenvalue weighted by molar-refractivity contribution is 0.198. The molecule has 3 rings (SSSR count). The lowest BCUT2D eigenvalue weighted by atomic mass is 10.2. The Hall–Kier alpha value is -1.83. The molecular formula is C14H24N8. The number of aryl methyl sites for hydroxylation is 1.